The molecule has 0 unspecified atom stereocenters. The largest absolute Gasteiger partial charge is 0.335 e. The molecule has 4 rings (SSSR count). The Bertz CT molecular complexity index is 1130. The zero-order valence-electron chi connectivity index (χ0n) is 17.2. The van der Waals surface area contributed by atoms with Gasteiger partial charge in [0, 0.05) is 31.2 Å². The first-order valence-corrected chi connectivity index (χ1v) is 11.4. The predicted octanol–water partition coefficient (Wildman–Crippen LogP) is 3.64. The van der Waals surface area contributed by atoms with E-state index in [1.54, 1.807) is 17.0 Å². The van der Waals surface area contributed by atoms with Gasteiger partial charge < -0.3 is 4.90 Å². The van der Waals surface area contributed by atoms with Gasteiger partial charge >= 0.3 is 0 Å². The molecular formula is C22H25ClN4O2S. The number of piperazine rings is 1. The van der Waals surface area contributed by atoms with E-state index in [0.29, 0.717) is 26.7 Å². The van der Waals surface area contributed by atoms with Crippen LogP contribution in [0.2, 0.25) is 5.02 Å². The average Bonchev–Trinajstić information content (AvgIpc) is 3.09. The minimum Gasteiger partial charge on any atom is -0.335 e. The number of aryl methyl sites for hydroxylation is 1. The van der Waals surface area contributed by atoms with Crippen molar-refractivity contribution in [1.82, 2.24) is 19.4 Å². The number of benzene rings is 1. The van der Waals surface area contributed by atoms with Crippen molar-refractivity contribution < 1.29 is 4.79 Å². The van der Waals surface area contributed by atoms with Crippen molar-refractivity contribution in [2.45, 2.75) is 26.8 Å². The standard InChI is InChI=1S/C22H25ClN4O2S/c1-3-8-25-9-11-26(12-10-25)22(29)19-15(2)18-20(30-19)24-14-27(21(18)28)13-16-6-4-5-7-17(16)23/h4-7,14H,3,8-13H2,1-2H3. The molecule has 30 heavy (non-hydrogen) atoms. The van der Waals surface area contributed by atoms with E-state index in [-0.39, 0.29) is 11.5 Å². The lowest BCUT2D eigenvalue weighted by molar-refractivity contribution is 0.0642. The van der Waals surface area contributed by atoms with E-state index < -0.39 is 0 Å². The van der Waals surface area contributed by atoms with Crippen LogP contribution in [0.1, 0.15) is 34.1 Å². The Morgan fingerprint density at radius 3 is 2.63 bits per heavy atom. The van der Waals surface area contributed by atoms with Crippen molar-refractivity contribution in [2.75, 3.05) is 32.7 Å². The molecular weight excluding hydrogens is 420 g/mol. The summed E-state index contributed by atoms with van der Waals surface area (Å²) >= 11 is 7.56. The third-order valence-electron chi connectivity index (χ3n) is 5.61. The van der Waals surface area contributed by atoms with Gasteiger partial charge in [-0.15, -0.1) is 11.3 Å². The molecule has 8 heteroatoms. The molecule has 1 aliphatic heterocycles. The van der Waals surface area contributed by atoms with Crippen LogP contribution in [0.3, 0.4) is 0 Å². The Labute approximate surface area is 184 Å². The summed E-state index contributed by atoms with van der Waals surface area (Å²) in [7, 11) is 0. The fraction of sp³-hybridized carbons (Fsp3) is 0.409. The molecule has 1 aromatic carbocycles. The fourth-order valence-electron chi connectivity index (χ4n) is 3.92. The van der Waals surface area contributed by atoms with Gasteiger partial charge in [0.1, 0.15) is 4.83 Å². The number of hydrogen-bond acceptors (Lipinski definition) is 5. The molecule has 3 heterocycles. The maximum Gasteiger partial charge on any atom is 0.264 e. The van der Waals surface area contributed by atoms with Crippen molar-refractivity contribution >= 4 is 39.1 Å². The van der Waals surface area contributed by atoms with Gasteiger partial charge in [0.15, 0.2) is 0 Å². The van der Waals surface area contributed by atoms with E-state index in [1.165, 1.54) is 11.3 Å². The number of thiophene rings is 1. The molecule has 158 valence electrons. The quantitative estimate of drug-likeness (QED) is 0.603. The molecule has 3 aromatic rings. The molecule has 0 bridgehead atoms. The fourth-order valence-corrected chi connectivity index (χ4v) is 5.22. The summed E-state index contributed by atoms with van der Waals surface area (Å²) in [6.45, 7) is 8.66. The van der Waals surface area contributed by atoms with Crippen LogP contribution in [0.4, 0.5) is 0 Å². The second kappa shape index (κ2) is 8.88. The summed E-state index contributed by atoms with van der Waals surface area (Å²) in [5, 5.41) is 1.15. The number of fused-ring (bicyclic) bond motifs is 1. The Morgan fingerprint density at radius 1 is 1.20 bits per heavy atom. The highest BCUT2D eigenvalue weighted by atomic mass is 35.5. The lowest BCUT2D eigenvalue weighted by Gasteiger charge is -2.34. The monoisotopic (exact) mass is 444 g/mol. The van der Waals surface area contributed by atoms with Gasteiger partial charge in [-0.3, -0.25) is 19.1 Å². The molecule has 1 saturated heterocycles. The Balaban J connectivity index is 1.61. The second-order valence-electron chi connectivity index (χ2n) is 7.64. The first-order valence-electron chi connectivity index (χ1n) is 10.2. The van der Waals surface area contributed by atoms with Crippen LogP contribution >= 0.6 is 22.9 Å². The van der Waals surface area contributed by atoms with Crippen molar-refractivity contribution in [3.8, 4) is 0 Å². The van der Waals surface area contributed by atoms with Crippen molar-refractivity contribution in [3.05, 3.63) is 62.0 Å². The normalized spacial score (nSPS) is 15.1. The minimum atomic E-state index is -0.138. The number of aromatic nitrogens is 2. The molecule has 0 saturated carbocycles. The van der Waals surface area contributed by atoms with Crippen LogP contribution in [0, 0.1) is 6.92 Å². The molecule has 1 amide bonds. The third-order valence-corrected chi connectivity index (χ3v) is 7.17. The van der Waals surface area contributed by atoms with Crippen molar-refractivity contribution in [1.29, 1.82) is 0 Å². The molecule has 6 nitrogen and oxygen atoms in total. The average molecular weight is 445 g/mol. The van der Waals surface area contributed by atoms with Gasteiger partial charge in [0.2, 0.25) is 0 Å². The summed E-state index contributed by atoms with van der Waals surface area (Å²) in [6.07, 6.45) is 2.66. The van der Waals surface area contributed by atoms with Gasteiger partial charge in [-0.1, -0.05) is 36.7 Å². The SMILES string of the molecule is CCCN1CCN(C(=O)c2sc3ncn(Cc4ccccc4Cl)c(=O)c3c2C)CC1. The van der Waals surface area contributed by atoms with E-state index in [9.17, 15) is 9.59 Å². The predicted molar refractivity (Wildman–Crippen MR) is 122 cm³/mol. The Hall–Kier alpha value is -2.22. The van der Waals surface area contributed by atoms with E-state index >= 15 is 0 Å². The highest BCUT2D eigenvalue weighted by Crippen LogP contribution is 2.28. The van der Waals surface area contributed by atoms with E-state index in [2.05, 4.69) is 16.8 Å². The molecule has 0 atom stereocenters. The van der Waals surface area contributed by atoms with E-state index in [0.717, 1.165) is 50.3 Å². The highest BCUT2D eigenvalue weighted by molar-refractivity contribution is 7.20. The number of nitrogens with zero attached hydrogens (tertiary/aromatic N) is 4. The molecule has 2 aromatic heterocycles. The highest BCUT2D eigenvalue weighted by Gasteiger charge is 2.26. The zero-order chi connectivity index (χ0) is 21.3. The summed E-state index contributed by atoms with van der Waals surface area (Å²) < 4.78 is 1.56. The number of amides is 1. The summed E-state index contributed by atoms with van der Waals surface area (Å²) in [5.41, 5.74) is 1.44. The third kappa shape index (κ3) is 4.02. The minimum absolute atomic E-state index is 0.00343. The van der Waals surface area contributed by atoms with Crippen molar-refractivity contribution in [3.63, 3.8) is 0 Å². The molecule has 0 spiro atoms. The van der Waals surface area contributed by atoms with E-state index in [1.807, 2.05) is 30.0 Å². The number of carbonyl (C=O) groups excluding carboxylic acids is 1. The Morgan fingerprint density at radius 2 is 1.93 bits per heavy atom. The van der Waals surface area contributed by atoms with Crippen LogP contribution in [-0.2, 0) is 6.54 Å². The van der Waals surface area contributed by atoms with E-state index in [4.69, 9.17) is 11.6 Å². The topological polar surface area (TPSA) is 58.4 Å². The number of hydrogen-bond donors (Lipinski definition) is 0. The first-order chi connectivity index (χ1) is 14.5. The first kappa shape index (κ1) is 21.0. The number of carbonyl (C=O) groups is 1. The van der Waals surface area contributed by atoms with Gasteiger partial charge in [-0.2, -0.15) is 0 Å². The van der Waals surface area contributed by atoms with Gasteiger partial charge in [0.25, 0.3) is 11.5 Å². The molecule has 0 aliphatic carbocycles. The Kier molecular flexibility index (Phi) is 6.22. The van der Waals surface area contributed by atoms with Crippen LogP contribution in [0.5, 0.6) is 0 Å². The smallest absolute Gasteiger partial charge is 0.264 e. The van der Waals surface area contributed by atoms with Crippen LogP contribution in [0.15, 0.2) is 35.4 Å². The number of halogens is 1. The number of rotatable bonds is 5. The van der Waals surface area contributed by atoms with Crippen LogP contribution < -0.4 is 5.56 Å². The lowest BCUT2D eigenvalue weighted by atomic mass is 10.2. The maximum atomic E-state index is 13.2. The van der Waals surface area contributed by atoms with Crippen molar-refractivity contribution in [2.24, 2.45) is 0 Å². The second-order valence-corrected chi connectivity index (χ2v) is 9.05. The summed E-state index contributed by atoms with van der Waals surface area (Å²) in [4.78, 5) is 36.3. The van der Waals surface area contributed by atoms with Gasteiger partial charge in [-0.05, 0) is 37.1 Å². The molecule has 0 N–H and O–H groups in total. The maximum absolute atomic E-state index is 13.2. The van der Waals surface area contributed by atoms with Crippen LogP contribution in [-0.4, -0.2) is 58.0 Å². The summed E-state index contributed by atoms with van der Waals surface area (Å²) in [5.74, 6) is 0.00343. The molecule has 1 aliphatic rings. The molecule has 0 radical (unpaired) electrons. The zero-order valence-corrected chi connectivity index (χ0v) is 18.8. The van der Waals surface area contributed by atoms with Crippen LogP contribution in [0.25, 0.3) is 10.2 Å². The lowest BCUT2D eigenvalue weighted by Crippen LogP contribution is -2.48. The summed E-state index contributed by atoms with van der Waals surface area (Å²) in [6, 6.07) is 7.46. The molecule has 1 fully saturated rings. The van der Waals surface area contributed by atoms with Gasteiger partial charge in [-0.25, -0.2) is 4.98 Å². The van der Waals surface area contributed by atoms with Gasteiger partial charge in [0.05, 0.1) is 23.1 Å².